The van der Waals surface area contributed by atoms with Gasteiger partial charge in [0.25, 0.3) is 0 Å². The lowest BCUT2D eigenvalue weighted by atomic mass is 10.0. The lowest BCUT2D eigenvalue weighted by molar-refractivity contribution is 0.000414. The first-order valence-corrected chi connectivity index (χ1v) is 11.3. The molecule has 0 spiro atoms. The lowest BCUT2D eigenvalue weighted by Crippen LogP contribution is -2.32. The zero-order valence-corrected chi connectivity index (χ0v) is 19.0. The predicted octanol–water partition coefficient (Wildman–Crippen LogP) is 6.56. The van der Waals surface area contributed by atoms with Gasteiger partial charge in [0.1, 0.15) is 24.1 Å². The van der Waals surface area contributed by atoms with E-state index in [9.17, 15) is 9.59 Å². The Morgan fingerprint density at radius 3 is 1.97 bits per heavy atom. The van der Waals surface area contributed by atoms with Gasteiger partial charge in [-0.1, -0.05) is 53.6 Å². The summed E-state index contributed by atoms with van der Waals surface area (Å²) in [5.74, 6) is 0.549. The van der Waals surface area contributed by atoms with Crippen molar-refractivity contribution in [2.45, 2.75) is 17.0 Å². The number of rotatable bonds is 9. The topological polar surface area (TPSA) is 120 Å². The van der Waals surface area contributed by atoms with Crippen LogP contribution in [-0.4, -0.2) is 31.3 Å². The van der Waals surface area contributed by atoms with E-state index in [-0.39, 0.29) is 11.5 Å². The molecule has 10 heteroatoms. The first-order valence-electron chi connectivity index (χ1n) is 10.1. The Bertz CT molecular complexity index is 1120. The largest absolute Gasteiger partial charge is 0.514 e. The zero-order chi connectivity index (χ0) is 24.2. The Kier molecular flexibility index (Phi) is 9.21. The second-order valence-corrected chi connectivity index (χ2v) is 7.60. The van der Waals surface area contributed by atoms with Gasteiger partial charge in [-0.2, -0.15) is 0 Å². The third-order valence-corrected chi connectivity index (χ3v) is 5.23. The van der Waals surface area contributed by atoms with E-state index in [0.29, 0.717) is 5.56 Å². The molecule has 0 N–H and O–H groups in total. The summed E-state index contributed by atoms with van der Waals surface area (Å²) in [6.07, 6.45) is -1.31. The van der Waals surface area contributed by atoms with Gasteiger partial charge in [0.15, 0.2) is 6.10 Å². The molecule has 0 fully saturated rings. The summed E-state index contributed by atoms with van der Waals surface area (Å²) in [6, 6.07) is 22.8. The van der Waals surface area contributed by atoms with Crippen molar-refractivity contribution in [1.29, 1.82) is 0 Å². The van der Waals surface area contributed by atoms with E-state index >= 15 is 0 Å². The molecular weight excluding hydrogens is 458 g/mol. The molecule has 3 aromatic rings. The Morgan fingerprint density at radius 1 is 0.882 bits per heavy atom. The molecule has 0 aromatic heterocycles. The van der Waals surface area contributed by atoms with Gasteiger partial charge in [-0.3, -0.25) is 0 Å². The molecule has 0 aliphatic heterocycles. The van der Waals surface area contributed by atoms with Crippen molar-refractivity contribution in [2.75, 3.05) is 12.9 Å². The fraction of sp³-hybridized carbons (Fsp3) is 0.167. The molecular formula is C24H21N3O6S. The summed E-state index contributed by atoms with van der Waals surface area (Å²) in [6.45, 7) is -0.441. The number of benzene rings is 3. The summed E-state index contributed by atoms with van der Waals surface area (Å²) in [4.78, 5) is 28.5. The van der Waals surface area contributed by atoms with Crippen molar-refractivity contribution >= 4 is 24.1 Å². The first kappa shape index (κ1) is 24.5. The Morgan fingerprint density at radius 2 is 1.44 bits per heavy atom. The van der Waals surface area contributed by atoms with E-state index in [0.717, 1.165) is 4.90 Å². The number of carbonyl (C=O) groups excluding carboxylic acids is 2. The predicted molar refractivity (Wildman–Crippen MR) is 126 cm³/mol. The minimum atomic E-state index is -1.18. The highest BCUT2D eigenvalue weighted by atomic mass is 32.2. The van der Waals surface area contributed by atoms with Crippen LogP contribution in [0.5, 0.6) is 11.5 Å². The highest BCUT2D eigenvalue weighted by Crippen LogP contribution is 2.27. The molecule has 0 heterocycles. The fourth-order valence-corrected chi connectivity index (χ4v) is 3.31. The van der Waals surface area contributed by atoms with Crippen molar-refractivity contribution in [3.05, 3.63) is 101 Å². The summed E-state index contributed by atoms with van der Waals surface area (Å²) in [5, 5.41) is 3.78. The van der Waals surface area contributed by atoms with Crippen molar-refractivity contribution in [2.24, 2.45) is 5.11 Å². The lowest BCUT2D eigenvalue weighted by Gasteiger charge is -2.23. The smallest absolute Gasteiger partial charge is 0.430 e. The average molecular weight is 480 g/mol. The number of azide groups is 1. The molecule has 0 bridgehead atoms. The monoisotopic (exact) mass is 479 g/mol. The third kappa shape index (κ3) is 7.47. The number of carbonyl (C=O) groups is 2. The molecule has 9 nitrogen and oxygen atoms in total. The Hall–Kier alpha value is -4.14. The van der Waals surface area contributed by atoms with Gasteiger partial charge in [0.05, 0.1) is 0 Å². The van der Waals surface area contributed by atoms with Crippen LogP contribution in [0.25, 0.3) is 10.4 Å². The van der Waals surface area contributed by atoms with Crippen LogP contribution < -0.4 is 9.47 Å². The SMILES string of the molecule is CSc1ccc([C@@H](N=[N+]=[N-])[C@@H](COC(=O)Oc2ccccc2)OC(=O)Oc2ccccc2)cc1. The molecule has 0 saturated carbocycles. The first-order chi connectivity index (χ1) is 16.6. The molecule has 0 aliphatic rings. The highest BCUT2D eigenvalue weighted by Gasteiger charge is 2.29. The van der Waals surface area contributed by atoms with Gasteiger partial charge in [-0.25, -0.2) is 9.59 Å². The maximum Gasteiger partial charge on any atom is 0.514 e. The molecule has 2 atom stereocenters. The molecule has 0 radical (unpaired) electrons. The van der Waals surface area contributed by atoms with Gasteiger partial charge in [-0.15, -0.1) is 11.8 Å². The second-order valence-electron chi connectivity index (χ2n) is 6.72. The Balaban J connectivity index is 1.77. The number of hydrogen-bond acceptors (Lipinski definition) is 8. The van der Waals surface area contributed by atoms with Crippen LogP contribution in [0.4, 0.5) is 9.59 Å². The Labute approximate surface area is 200 Å². The van der Waals surface area contributed by atoms with Crippen molar-refractivity contribution < 1.29 is 28.5 Å². The van der Waals surface area contributed by atoms with E-state index in [1.807, 2.05) is 18.4 Å². The number of thioether (sulfide) groups is 1. The van der Waals surface area contributed by atoms with E-state index in [4.69, 9.17) is 24.5 Å². The van der Waals surface area contributed by atoms with Gasteiger partial charge in [-0.05, 0) is 53.7 Å². The summed E-state index contributed by atoms with van der Waals surface area (Å²) >= 11 is 1.54. The van der Waals surface area contributed by atoms with Crippen LogP contribution in [0.3, 0.4) is 0 Å². The fourth-order valence-electron chi connectivity index (χ4n) is 2.90. The number of hydrogen-bond donors (Lipinski definition) is 0. The molecule has 0 amide bonds. The van der Waals surface area contributed by atoms with Gasteiger partial charge < -0.3 is 18.9 Å². The number of para-hydroxylation sites is 2. The van der Waals surface area contributed by atoms with Crippen LogP contribution in [0.15, 0.2) is 94.9 Å². The normalized spacial score (nSPS) is 11.9. The molecule has 0 saturated heterocycles. The van der Waals surface area contributed by atoms with Gasteiger partial charge in [0, 0.05) is 9.81 Å². The second kappa shape index (κ2) is 12.8. The number of nitrogens with zero attached hydrogens (tertiary/aromatic N) is 3. The average Bonchev–Trinajstić information content (AvgIpc) is 2.86. The summed E-state index contributed by atoms with van der Waals surface area (Å²) in [5.41, 5.74) is 9.70. The maximum atomic E-state index is 12.4. The van der Waals surface area contributed by atoms with Crippen molar-refractivity contribution in [1.82, 2.24) is 0 Å². The van der Waals surface area contributed by atoms with Crippen LogP contribution >= 0.6 is 11.8 Å². The van der Waals surface area contributed by atoms with E-state index in [1.54, 1.807) is 84.6 Å². The molecule has 0 unspecified atom stereocenters. The van der Waals surface area contributed by atoms with Gasteiger partial charge >= 0.3 is 12.3 Å². The van der Waals surface area contributed by atoms with Crippen molar-refractivity contribution in [3.63, 3.8) is 0 Å². The molecule has 34 heavy (non-hydrogen) atoms. The van der Waals surface area contributed by atoms with E-state index < -0.39 is 31.1 Å². The zero-order valence-electron chi connectivity index (χ0n) is 18.1. The standard InChI is InChI=1S/C24H21N3O6S/c1-34-20-14-12-17(13-15-20)22(26-27-25)21(33-24(29)32-19-10-6-3-7-11-19)16-30-23(28)31-18-8-4-2-5-9-18/h2-15,21-22H,16H2,1H3/t21-,22-/m1/s1. The third-order valence-electron chi connectivity index (χ3n) is 4.49. The molecule has 3 rings (SSSR count). The molecule has 174 valence electrons. The van der Waals surface area contributed by atoms with Crippen LogP contribution in [0.2, 0.25) is 0 Å². The van der Waals surface area contributed by atoms with Crippen molar-refractivity contribution in [3.8, 4) is 11.5 Å². The number of ether oxygens (including phenoxy) is 4. The van der Waals surface area contributed by atoms with Gasteiger partial charge in [0.2, 0.25) is 0 Å². The minimum Gasteiger partial charge on any atom is -0.430 e. The molecule has 0 aliphatic carbocycles. The quantitative estimate of drug-likeness (QED) is 0.0851. The molecule has 3 aromatic carbocycles. The summed E-state index contributed by atoms with van der Waals surface area (Å²) < 4.78 is 20.9. The van der Waals surface area contributed by atoms with E-state index in [2.05, 4.69) is 10.0 Å². The van der Waals surface area contributed by atoms with Crippen LogP contribution in [0.1, 0.15) is 11.6 Å². The highest BCUT2D eigenvalue weighted by molar-refractivity contribution is 7.98. The minimum absolute atomic E-state index is 0.264. The summed E-state index contributed by atoms with van der Waals surface area (Å²) in [7, 11) is 0. The van der Waals surface area contributed by atoms with Crippen LogP contribution in [0, 0.1) is 0 Å². The van der Waals surface area contributed by atoms with E-state index in [1.165, 1.54) is 0 Å². The maximum absolute atomic E-state index is 12.4. The van der Waals surface area contributed by atoms with Crippen LogP contribution in [-0.2, 0) is 9.47 Å².